The molecule has 2 nitrogen and oxygen atoms in total. The van der Waals surface area contributed by atoms with Crippen molar-refractivity contribution in [3.8, 4) is 0 Å². The van der Waals surface area contributed by atoms with Crippen LogP contribution < -0.4 is 5.32 Å². The molecule has 1 aromatic heterocycles. The summed E-state index contributed by atoms with van der Waals surface area (Å²) in [4.78, 5) is 0. The quantitative estimate of drug-likeness (QED) is 0.852. The normalized spacial score (nSPS) is 11.9. The summed E-state index contributed by atoms with van der Waals surface area (Å²) in [5.41, 5.74) is 1.08. The molecule has 0 fully saturated rings. The number of aliphatic hydroxyl groups excluding tert-OH is 1. The highest BCUT2D eigenvalue weighted by atomic mass is 32.1. The van der Waals surface area contributed by atoms with Gasteiger partial charge < -0.3 is 10.4 Å². The molecular formula is C13H17NOS. The molecule has 1 aromatic carbocycles. The predicted octanol–water partition coefficient (Wildman–Crippen LogP) is 3.33. The molecule has 1 heterocycles. The van der Waals surface area contributed by atoms with Crippen molar-refractivity contribution in [3.05, 3.63) is 29.6 Å². The highest BCUT2D eigenvalue weighted by Gasteiger charge is 2.16. The van der Waals surface area contributed by atoms with Crippen molar-refractivity contribution < 1.29 is 5.11 Å². The molecule has 0 aliphatic rings. The number of fused-ring (bicyclic) bond motifs is 1. The first-order valence-electron chi connectivity index (χ1n) is 5.43. The fourth-order valence-corrected chi connectivity index (χ4v) is 2.41. The van der Waals surface area contributed by atoms with Crippen molar-refractivity contribution in [2.75, 3.05) is 18.5 Å². The van der Waals surface area contributed by atoms with Crippen molar-refractivity contribution in [2.45, 2.75) is 13.8 Å². The van der Waals surface area contributed by atoms with Gasteiger partial charge in [0, 0.05) is 18.6 Å². The highest BCUT2D eigenvalue weighted by molar-refractivity contribution is 7.17. The first-order valence-corrected chi connectivity index (χ1v) is 6.31. The number of aliphatic hydroxyl groups is 1. The van der Waals surface area contributed by atoms with Crippen LogP contribution in [0.25, 0.3) is 10.1 Å². The fraction of sp³-hybridized carbons (Fsp3) is 0.385. The Balaban J connectivity index is 2.18. The van der Waals surface area contributed by atoms with Gasteiger partial charge in [0.2, 0.25) is 0 Å². The Kier molecular flexibility index (Phi) is 3.17. The molecule has 0 amide bonds. The molecule has 0 atom stereocenters. The number of anilines is 1. The maximum Gasteiger partial charge on any atom is 0.0574 e. The van der Waals surface area contributed by atoms with E-state index in [0.29, 0.717) is 0 Å². The third-order valence-electron chi connectivity index (χ3n) is 2.66. The molecule has 2 rings (SSSR count). The zero-order valence-corrected chi connectivity index (χ0v) is 10.5. The van der Waals surface area contributed by atoms with E-state index in [1.807, 2.05) is 0 Å². The molecule has 0 aliphatic heterocycles. The smallest absolute Gasteiger partial charge is 0.0574 e. The van der Waals surface area contributed by atoms with E-state index in [1.165, 1.54) is 10.1 Å². The maximum absolute atomic E-state index is 9.21. The SMILES string of the molecule is CC(C)(CO)CNc1cccc2ccsc12. The summed E-state index contributed by atoms with van der Waals surface area (Å²) in [6, 6.07) is 8.40. The van der Waals surface area contributed by atoms with Gasteiger partial charge in [-0.15, -0.1) is 11.3 Å². The van der Waals surface area contributed by atoms with Crippen molar-refractivity contribution >= 4 is 27.1 Å². The molecular weight excluding hydrogens is 218 g/mol. The second-order valence-electron chi connectivity index (χ2n) is 4.82. The van der Waals surface area contributed by atoms with Gasteiger partial charge in [0.25, 0.3) is 0 Å². The average molecular weight is 235 g/mol. The second-order valence-corrected chi connectivity index (χ2v) is 5.74. The summed E-state index contributed by atoms with van der Waals surface area (Å²) in [6.07, 6.45) is 0. The molecule has 0 unspecified atom stereocenters. The van der Waals surface area contributed by atoms with Gasteiger partial charge in [-0.1, -0.05) is 26.0 Å². The second kappa shape index (κ2) is 4.44. The van der Waals surface area contributed by atoms with Gasteiger partial charge in [-0.05, 0) is 22.9 Å². The molecule has 86 valence electrons. The molecule has 0 radical (unpaired) electrons. The van der Waals surface area contributed by atoms with Crippen molar-refractivity contribution in [1.82, 2.24) is 0 Å². The topological polar surface area (TPSA) is 32.3 Å². The zero-order valence-electron chi connectivity index (χ0n) is 9.66. The van der Waals surface area contributed by atoms with Crippen LogP contribution in [0.3, 0.4) is 0 Å². The van der Waals surface area contributed by atoms with Crippen LogP contribution in [0.15, 0.2) is 29.6 Å². The third-order valence-corrected chi connectivity index (χ3v) is 3.63. The lowest BCUT2D eigenvalue weighted by atomic mass is 9.95. The van der Waals surface area contributed by atoms with E-state index in [0.717, 1.165) is 12.2 Å². The molecule has 0 bridgehead atoms. The van der Waals surface area contributed by atoms with Gasteiger partial charge in [-0.2, -0.15) is 0 Å². The lowest BCUT2D eigenvalue weighted by Gasteiger charge is -2.22. The van der Waals surface area contributed by atoms with Crippen LogP contribution in [0.2, 0.25) is 0 Å². The molecule has 3 heteroatoms. The Morgan fingerprint density at radius 3 is 2.88 bits per heavy atom. The molecule has 2 aromatic rings. The monoisotopic (exact) mass is 235 g/mol. The molecule has 0 aliphatic carbocycles. The Labute approximate surface area is 99.9 Å². The third kappa shape index (κ3) is 2.36. The number of thiophene rings is 1. The summed E-state index contributed by atoms with van der Waals surface area (Å²) < 4.78 is 1.29. The van der Waals surface area contributed by atoms with Crippen LogP contribution >= 0.6 is 11.3 Å². The van der Waals surface area contributed by atoms with E-state index in [1.54, 1.807) is 11.3 Å². The van der Waals surface area contributed by atoms with Crippen LogP contribution in [0.1, 0.15) is 13.8 Å². The van der Waals surface area contributed by atoms with Crippen LogP contribution in [0, 0.1) is 5.41 Å². The molecule has 16 heavy (non-hydrogen) atoms. The Morgan fingerprint density at radius 1 is 1.31 bits per heavy atom. The van der Waals surface area contributed by atoms with E-state index < -0.39 is 0 Å². The minimum atomic E-state index is -0.0839. The lowest BCUT2D eigenvalue weighted by molar-refractivity contribution is 0.171. The van der Waals surface area contributed by atoms with Gasteiger partial charge in [-0.3, -0.25) is 0 Å². The minimum absolute atomic E-state index is 0.0839. The summed E-state index contributed by atoms with van der Waals surface area (Å²) in [5, 5.41) is 16.0. The van der Waals surface area contributed by atoms with Crippen molar-refractivity contribution in [1.29, 1.82) is 0 Å². The fourth-order valence-electron chi connectivity index (χ4n) is 1.52. The van der Waals surface area contributed by atoms with Gasteiger partial charge in [-0.25, -0.2) is 0 Å². The summed E-state index contributed by atoms with van der Waals surface area (Å²) in [7, 11) is 0. The average Bonchev–Trinajstić information content (AvgIpc) is 2.75. The Bertz CT molecular complexity index is 475. The van der Waals surface area contributed by atoms with E-state index in [4.69, 9.17) is 0 Å². The first-order chi connectivity index (χ1) is 7.62. The number of hydrogen-bond donors (Lipinski definition) is 2. The van der Waals surface area contributed by atoms with E-state index in [2.05, 4.69) is 48.8 Å². The van der Waals surface area contributed by atoms with Gasteiger partial charge in [0.05, 0.1) is 10.4 Å². The number of nitrogens with one attached hydrogen (secondary N) is 1. The minimum Gasteiger partial charge on any atom is -0.396 e. The largest absolute Gasteiger partial charge is 0.396 e. The van der Waals surface area contributed by atoms with E-state index >= 15 is 0 Å². The van der Waals surface area contributed by atoms with Gasteiger partial charge in [0.15, 0.2) is 0 Å². The van der Waals surface area contributed by atoms with Crippen LogP contribution in [-0.2, 0) is 0 Å². The lowest BCUT2D eigenvalue weighted by Crippen LogP contribution is -2.26. The van der Waals surface area contributed by atoms with E-state index in [-0.39, 0.29) is 12.0 Å². The van der Waals surface area contributed by atoms with Gasteiger partial charge >= 0.3 is 0 Å². The molecule has 0 saturated carbocycles. The van der Waals surface area contributed by atoms with Crippen molar-refractivity contribution in [2.24, 2.45) is 5.41 Å². The first kappa shape index (κ1) is 11.4. The van der Waals surface area contributed by atoms with Gasteiger partial charge in [0.1, 0.15) is 0 Å². The Morgan fingerprint density at radius 2 is 2.12 bits per heavy atom. The number of hydrogen-bond acceptors (Lipinski definition) is 3. The van der Waals surface area contributed by atoms with E-state index in [9.17, 15) is 5.11 Å². The Hall–Kier alpha value is -1.06. The van der Waals surface area contributed by atoms with Crippen molar-refractivity contribution in [3.63, 3.8) is 0 Å². The number of rotatable bonds is 4. The van der Waals surface area contributed by atoms with Crippen LogP contribution in [-0.4, -0.2) is 18.3 Å². The molecule has 0 saturated heterocycles. The summed E-state index contributed by atoms with van der Waals surface area (Å²) >= 11 is 1.75. The summed E-state index contributed by atoms with van der Waals surface area (Å²) in [5.74, 6) is 0. The maximum atomic E-state index is 9.21. The summed E-state index contributed by atoms with van der Waals surface area (Å²) in [6.45, 7) is 5.07. The highest BCUT2D eigenvalue weighted by Crippen LogP contribution is 2.29. The molecule has 0 spiro atoms. The standard InChI is InChI=1S/C13H17NOS/c1-13(2,9-15)8-14-11-5-3-4-10-6-7-16-12(10)11/h3-7,14-15H,8-9H2,1-2H3. The predicted molar refractivity (Wildman–Crippen MR) is 71.2 cm³/mol. The number of benzene rings is 1. The molecule has 2 N–H and O–H groups in total. The zero-order chi connectivity index (χ0) is 11.6. The van der Waals surface area contributed by atoms with Crippen LogP contribution in [0.5, 0.6) is 0 Å². The van der Waals surface area contributed by atoms with Crippen LogP contribution in [0.4, 0.5) is 5.69 Å².